The van der Waals surface area contributed by atoms with Gasteiger partial charge in [-0.3, -0.25) is 10.2 Å². The van der Waals surface area contributed by atoms with Gasteiger partial charge in [0.2, 0.25) is 0 Å². The van der Waals surface area contributed by atoms with E-state index >= 15 is 0 Å². The van der Waals surface area contributed by atoms with Gasteiger partial charge in [0.1, 0.15) is 0 Å². The molecule has 0 aliphatic carbocycles. The average molecular weight is 271 g/mol. The number of amides is 1. The quantitative estimate of drug-likeness (QED) is 0.512. The minimum absolute atomic E-state index is 0.261. The van der Waals surface area contributed by atoms with Crippen LogP contribution in [-0.4, -0.2) is 10.5 Å². The smallest absolute Gasteiger partial charge is 0.267 e. The molecular formula is C16H21N3O. The molecule has 0 radical (unpaired) electrons. The number of hydrogen-bond acceptors (Lipinski definition) is 2. The van der Waals surface area contributed by atoms with Crippen molar-refractivity contribution >= 4 is 5.91 Å². The van der Waals surface area contributed by atoms with Gasteiger partial charge in [0, 0.05) is 17.1 Å². The van der Waals surface area contributed by atoms with E-state index in [-0.39, 0.29) is 5.91 Å². The standard InChI is InChI=1S/C16H21N3O/c1-10(2)13-5-7-14(8-6-13)19-11(3)9-15(12(19)4)16(20)18-17/h5-10H,17H2,1-4H3,(H,18,20). The molecule has 4 heteroatoms. The molecule has 1 aromatic carbocycles. The molecule has 2 rings (SSSR count). The number of carbonyl (C=O) groups is 1. The Morgan fingerprint density at radius 1 is 1.20 bits per heavy atom. The summed E-state index contributed by atoms with van der Waals surface area (Å²) in [5.74, 6) is 5.46. The number of nitrogen functional groups attached to an aromatic ring is 1. The number of nitrogens with two attached hydrogens (primary N) is 1. The predicted molar refractivity (Wildman–Crippen MR) is 81.0 cm³/mol. The number of nitrogens with zero attached hydrogens (tertiary/aromatic N) is 1. The highest BCUT2D eigenvalue weighted by molar-refractivity contribution is 5.95. The second kappa shape index (κ2) is 5.51. The van der Waals surface area contributed by atoms with Crippen LogP contribution < -0.4 is 11.3 Å². The lowest BCUT2D eigenvalue weighted by Crippen LogP contribution is -2.30. The highest BCUT2D eigenvalue weighted by Gasteiger charge is 2.15. The first kappa shape index (κ1) is 14.3. The SMILES string of the molecule is Cc1cc(C(=O)NN)c(C)n1-c1ccc(C(C)C)cc1. The Balaban J connectivity index is 2.47. The number of nitrogens with one attached hydrogen (secondary N) is 1. The molecule has 3 N–H and O–H groups in total. The molecule has 0 saturated heterocycles. The fraction of sp³-hybridized carbons (Fsp3) is 0.312. The number of benzene rings is 1. The van der Waals surface area contributed by atoms with E-state index in [1.165, 1.54) is 5.56 Å². The molecule has 0 spiro atoms. The molecule has 0 aliphatic rings. The van der Waals surface area contributed by atoms with Crippen molar-refractivity contribution in [2.75, 3.05) is 0 Å². The largest absolute Gasteiger partial charge is 0.318 e. The molecule has 0 unspecified atom stereocenters. The van der Waals surface area contributed by atoms with Crippen LogP contribution in [0.4, 0.5) is 0 Å². The summed E-state index contributed by atoms with van der Waals surface area (Å²) in [7, 11) is 0. The number of hydrogen-bond donors (Lipinski definition) is 2. The van der Waals surface area contributed by atoms with Gasteiger partial charge in [0.25, 0.3) is 5.91 Å². The highest BCUT2D eigenvalue weighted by atomic mass is 16.2. The zero-order chi connectivity index (χ0) is 14.9. The molecule has 106 valence electrons. The normalized spacial score (nSPS) is 10.9. The minimum atomic E-state index is -0.261. The molecule has 20 heavy (non-hydrogen) atoms. The van der Waals surface area contributed by atoms with Crippen molar-refractivity contribution in [3.8, 4) is 5.69 Å². The van der Waals surface area contributed by atoms with Crippen molar-refractivity contribution in [2.45, 2.75) is 33.6 Å². The molecule has 0 bridgehead atoms. The molecule has 1 aromatic heterocycles. The first-order chi connectivity index (χ1) is 9.45. The van der Waals surface area contributed by atoms with Crippen molar-refractivity contribution in [3.63, 3.8) is 0 Å². The molecule has 1 amide bonds. The Morgan fingerprint density at radius 3 is 2.30 bits per heavy atom. The van der Waals surface area contributed by atoms with E-state index in [0.29, 0.717) is 11.5 Å². The maximum atomic E-state index is 11.7. The molecule has 0 saturated carbocycles. The van der Waals surface area contributed by atoms with Gasteiger partial charge in [0.05, 0.1) is 5.56 Å². The maximum Gasteiger partial charge on any atom is 0.267 e. The summed E-state index contributed by atoms with van der Waals surface area (Å²) in [5, 5.41) is 0. The second-order valence-corrected chi connectivity index (χ2v) is 5.34. The minimum Gasteiger partial charge on any atom is -0.318 e. The zero-order valence-corrected chi connectivity index (χ0v) is 12.4. The van der Waals surface area contributed by atoms with Crippen LogP contribution in [0.5, 0.6) is 0 Å². The fourth-order valence-corrected chi connectivity index (χ4v) is 2.48. The Hall–Kier alpha value is -2.07. The third-order valence-corrected chi connectivity index (χ3v) is 3.62. The van der Waals surface area contributed by atoms with Crippen LogP contribution >= 0.6 is 0 Å². The van der Waals surface area contributed by atoms with Crippen molar-refractivity contribution in [2.24, 2.45) is 5.84 Å². The van der Waals surface area contributed by atoms with Crippen LogP contribution in [0, 0.1) is 13.8 Å². The van der Waals surface area contributed by atoms with Crippen LogP contribution in [0.15, 0.2) is 30.3 Å². The summed E-state index contributed by atoms with van der Waals surface area (Å²) in [6.07, 6.45) is 0. The molecule has 4 nitrogen and oxygen atoms in total. The van der Waals surface area contributed by atoms with Crippen LogP contribution in [0.25, 0.3) is 5.69 Å². The lowest BCUT2D eigenvalue weighted by molar-refractivity contribution is 0.0953. The molecule has 0 fully saturated rings. The highest BCUT2D eigenvalue weighted by Crippen LogP contribution is 2.22. The van der Waals surface area contributed by atoms with Crippen LogP contribution in [0.1, 0.15) is 47.1 Å². The molecule has 2 aromatic rings. The lowest BCUT2D eigenvalue weighted by atomic mass is 10.0. The predicted octanol–water partition coefficient (Wildman–Crippen LogP) is 2.82. The van der Waals surface area contributed by atoms with Crippen molar-refractivity contribution in [1.29, 1.82) is 0 Å². The Labute approximate surface area is 119 Å². The number of carbonyl (C=O) groups excluding carboxylic acids is 1. The van der Waals surface area contributed by atoms with E-state index < -0.39 is 0 Å². The molecular weight excluding hydrogens is 250 g/mol. The van der Waals surface area contributed by atoms with E-state index in [2.05, 4.69) is 48.1 Å². The fourth-order valence-electron chi connectivity index (χ4n) is 2.48. The Kier molecular flexibility index (Phi) is 3.95. The number of rotatable bonds is 3. The number of aryl methyl sites for hydroxylation is 1. The van der Waals surface area contributed by atoms with Gasteiger partial charge in [-0.1, -0.05) is 26.0 Å². The Bertz CT molecular complexity index is 624. The van der Waals surface area contributed by atoms with E-state index in [1.807, 2.05) is 19.9 Å². The van der Waals surface area contributed by atoms with Gasteiger partial charge in [-0.2, -0.15) is 0 Å². The monoisotopic (exact) mass is 271 g/mol. The summed E-state index contributed by atoms with van der Waals surface area (Å²) < 4.78 is 2.06. The van der Waals surface area contributed by atoms with E-state index in [9.17, 15) is 4.79 Å². The lowest BCUT2D eigenvalue weighted by Gasteiger charge is -2.12. The average Bonchev–Trinajstić information content (AvgIpc) is 2.73. The van der Waals surface area contributed by atoms with E-state index in [4.69, 9.17) is 5.84 Å². The number of hydrazine groups is 1. The van der Waals surface area contributed by atoms with Crippen LogP contribution in [0.3, 0.4) is 0 Å². The molecule has 0 atom stereocenters. The van der Waals surface area contributed by atoms with E-state index in [0.717, 1.165) is 17.1 Å². The molecule has 1 heterocycles. The summed E-state index contributed by atoms with van der Waals surface area (Å²) in [6, 6.07) is 10.3. The van der Waals surface area contributed by atoms with E-state index in [1.54, 1.807) is 0 Å². The van der Waals surface area contributed by atoms with Crippen molar-refractivity contribution < 1.29 is 4.79 Å². The third-order valence-electron chi connectivity index (χ3n) is 3.62. The van der Waals surface area contributed by atoms with Crippen LogP contribution in [-0.2, 0) is 0 Å². The summed E-state index contributed by atoms with van der Waals surface area (Å²) in [4.78, 5) is 11.7. The van der Waals surface area contributed by atoms with Gasteiger partial charge < -0.3 is 4.57 Å². The van der Waals surface area contributed by atoms with Gasteiger partial charge in [-0.05, 0) is 43.5 Å². The van der Waals surface area contributed by atoms with Gasteiger partial charge in [0.15, 0.2) is 0 Å². The van der Waals surface area contributed by atoms with Crippen LogP contribution in [0.2, 0.25) is 0 Å². The number of aromatic nitrogens is 1. The maximum absolute atomic E-state index is 11.7. The van der Waals surface area contributed by atoms with Crippen molar-refractivity contribution in [1.82, 2.24) is 9.99 Å². The zero-order valence-electron chi connectivity index (χ0n) is 12.4. The summed E-state index contributed by atoms with van der Waals surface area (Å²) in [5.41, 5.74) is 7.06. The molecule has 0 aliphatic heterocycles. The van der Waals surface area contributed by atoms with Gasteiger partial charge in [-0.25, -0.2) is 5.84 Å². The summed E-state index contributed by atoms with van der Waals surface area (Å²) in [6.45, 7) is 8.25. The third kappa shape index (κ3) is 2.47. The van der Waals surface area contributed by atoms with Gasteiger partial charge in [-0.15, -0.1) is 0 Å². The second-order valence-electron chi connectivity index (χ2n) is 5.34. The summed E-state index contributed by atoms with van der Waals surface area (Å²) >= 11 is 0. The topological polar surface area (TPSA) is 60.1 Å². The van der Waals surface area contributed by atoms with Gasteiger partial charge >= 0.3 is 0 Å². The first-order valence-corrected chi connectivity index (χ1v) is 6.76. The Morgan fingerprint density at radius 2 is 1.80 bits per heavy atom. The van der Waals surface area contributed by atoms with Crippen molar-refractivity contribution in [3.05, 3.63) is 52.8 Å². The first-order valence-electron chi connectivity index (χ1n) is 6.76.